The van der Waals surface area contributed by atoms with Crippen LogP contribution in [0.15, 0.2) is 30.3 Å². The molecule has 3 atom stereocenters. The zero-order chi connectivity index (χ0) is 20.7. The summed E-state index contributed by atoms with van der Waals surface area (Å²) >= 11 is 6.47. The van der Waals surface area contributed by atoms with Crippen LogP contribution in [0.3, 0.4) is 0 Å². The van der Waals surface area contributed by atoms with Crippen LogP contribution in [0.2, 0.25) is 5.02 Å². The predicted octanol–water partition coefficient (Wildman–Crippen LogP) is 3.82. The van der Waals surface area contributed by atoms with E-state index < -0.39 is 11.6 Å². The molecule has 3 aliphatic rings. The summed E-state index contributed by atoms with van der Waals surface area (Å²) in [7, 11) is 0. The quantitative estimate of drug-likeness (QED) is 0.764. The number of likely N-dealkylation sites (tertiary alicyclic amines) is 1. The Hall–Kier alpha value is -1.93. The molecule has 0 radical (unpaired) electrons. The second kappa shape index (κ2) is 8.30. The highest BCUT2D eigenvalue weighted by Crippen LogP contribution is 2.38. The largest absolute Gasteiger partial charge is 0.454 e. The number of nitrogens with zero attached hydrogens (tertiary/aromatic N) is 1. The summed E-state index contributed by atoms with van der Waals surface area (Å²) in [6.45, 7) is 3.43. The molecular formula is C22H24ClF2N3O2. The van der Waals surface area contributed by atoms with Gasteiger partial charge in [-0.25, -0.2) is 8.78 Å². The lowest BCUT2D eigenvalue weighted by atomic mass is 9.81. The molecule has 5 nitrogen and oxygen atoms in total. The van der Waals surface area contributed by atoms with E-state index in [1.807, 2.05) is 12.1 Å². The molecule has 2 fully saturated rings. The zero-order valence-corrected chi connectivity index (χ0v) is 17.2. The Bertz CT molecular complexity index is 945. The van der Waals surface area contributed by atoms with Gasteiger partial charge in [0, 0.05) is 48.7 Å². The van der Waals surface area contributed by atoms with Crippen molar-refractivity contribution in [2.75, 3.05) is 26.4 Å². The van der Waals surface area contributed by atoms with E-state index in [1.54, 1.807) is 6.07 Å². The molecule has 2 saturated heterocycles. The number of halogens is 3. The summed E-state index contributed by atoms with van der Waals surface area (Å²) in [5, 5.41) is 0.674. The van der Waals surface area contributed by atoms with Gasteiger partial charge in [-0.3, -0.25) is 15.8 Å². The Morgan fingerprint density at radius 1 is 1.13 bits per heavy atom. The molecule has 0 spiro atoms. The molecule has 2 N–H and O–H groups in total. The predicted molar refractivity (Wildman–Crippen MR) is 110 cm³/mol. The van der Waals surface area contributed by atoms with Gasteiger partial charge in [0.1, 0.15) is 11.6 Å². The number of piperidine rings is 1. The Kier molecular flexibility index (Phi) is 5.54. The van der Waals surface area contributed by atoms with Crippen LogP contribution in [0.1, 0.15) is 29.9 Å². The maximum absolute atomic E-state index is 14.4. The molecule has 5 rings (SSSR count). The van der Waals surface area contributed by atoms with E-state index in [1.165, 1.54) is 6.07 Å². The van der Waals surface area contributed by atoms with Crippen LogP contribution in [0.5, 0.6) is 11.5 Å². The van der Waals surface area contributed by atoms with Gasteiger partial charge in [0.05, 0.1) is 0 Å². The van der Waals surface area contributed by atoms with Crippen molar-refractivity contribution in [3.05, 3.63) is 58.1 Å². The van der Waals surface area contributed by atoms with Crippen molar-refractivity contribution < 1.29 is 18.3 Å². The summed E-state index contributed by atoms with van der Waals surface area (Å²) in [6.07, 6.45) is 2.12. The highest BCUT2D eigenvalue weighted by atomic mass is 35.5. The van der Waals surface area contributed by atoms with Gasteiger partial charge < -0.3 is 9.47 Å². The number of rotatable bonds is 4. The van der Waals surface area contributed by atoms with Gasteiger partial charge in [-0.2, -0.15) is 0 Å². The van der Waals surface area contributed by atoms with Gasteiger partial charge in [-0.05, 0) is 48.6 Å². The number of ether oxygens (including phenoxy) is 2. The molecule has 30 heavy (non-hydrogen) atoms. The third-order valence-corrected chi connectivity index (χ3v) is 6.72. The number of hydrogen-bond acceptors (Lipinski definition) is 5. The van der Waals surface area contributed by atoms with E-state index in [0.29, 0.717) is 28.8 Å². The van der Waals surface area contributed by atoms with Crippen LogP contribution in [-0.2, 0) is 6.54 Å². The average Bonchev–Trinajstić information content (AvgIpc) is 3.38. The van der Waals surface area contributed by atoms with E-state index in [2.05, 4.69) is 15.8 Å². The fraction of sp³-hybridized carbons (Fsp3) is 0.455. The van der Waals surface area contributed by atoms with E-state index in [4.69, 9.17) is 21.1 Å². The number of hydrazine groups is 1. The number of fused-ring (bicyclic) bond motifs is 1. The molecule has 3 heterocycles. The van der Waals surface area contributed by atoms with Gasteiger partial charge >= 0.3 is 0 Å². The first-order valence-corrected chi connectivity index (χ1v) is 10.7. The lowest BCUT2D eigenvalue weighted by Crippen LogP contribution is -2.46. The van der Waals surface area contributed by atoms with Crippen LogP contribution >= 0.6 is 11.6 Å². The fourth-order valence-corrected chi connectivity index (χ4v) is 5.13. The first-order valence-electron chi connectivity index (χ1n) is 10.3. The second-order valence-corrected chi connectivity index (χ2v) is 8.66. The van der Waals surface area contributed by atoms with Gasteiger partial charge in [-0.1, -0.05) is 17.7 Å². The average molecular weight is 436 g/mol. The molecule has 160 valence electrons. The normalized spacial score (nSPS) is 26.3. The van der Waals surface area contributed by atoms with E-state index in [0.717, 1.165) is 49.9 Å². The second-order valence-electron chi connectivity index (χ2n) is 8.26. The molecule has 0 amide bonds. The smallest absolute Gasteiger partial charge is 0.231 e. The number of nitrogens with one attached hydrogen (secondary N) is 2. The summed E-state index contributed by atoms with van der Waals surface area (Å²) in [5.74, 6) is 0.703. The van der Waals surface area contributed by atoms with Gasteiger partial charge in [-0.15, -0.1) is 0 Å². The maximum Gasteiger partial charge on any atom is 0.231 e. The first-order chi connectivity index (χ1) is 14.6. The van der Waals surface area contributed by atoms with Crippen molar-refractivity contribution in [2.45, 2.75) is 31.3 Å². The molecule has 3 aliphatic heterocycles. The molecule has 0 aliphatic carbocycles. The lowest BCUT2D eigenvalue weighted by Gasteiger charge is -2.37. The van der Waals surface area contributed by atoms with Crippen LogP contribution in [0.4, 0.5) is 8.78 Å². The third kappa shape index (κ3) is 3.87. The zero-order valence-electron chi connectivity index (χ0n) is 16.5. The van der Waals surface area contributed by atoms with Crippen LogP contribution in [-0.4, -0.2) is 37.4 Å². The van der Waals surface area contributed by atoms with Gasteiger partial charge in [0.2, 0.25) is 6.79 Å². The first kappa shape index (κ1) is 20.0. The summed E-state index contributed by atoms with van der Waals surface area (Å²) in [5.41, 5.74) is 8.11. The molecule has 0 bridgehead atoms. The molecule has 2 aromatic rings. The Labute approximate surface area is 179 Å². The Morgan fingerprint density at radius 3 is 2.80 bits per heavy atom. The van der Waals surface area contributed by atoms with E-state index in [-0.39, 0.29) is 18.8 Å². The van der Waals surface area contributed by atoms with Gasteiger partial charge in [0.15, 0.2) is 11.5 Å². The molecule has 8 heteroatoms. The fourth-order valence-electron chi connectivity index (χ4n) is 4.92. The van der Waals surface area contributed by atoms with Crippen molar-refractivity contribution in [3.8, 4) is 11.5 Å². The number of hydrogen-bond donors (Lipinski definition) is 2. The minimum Gasteiger partial charge on any atom is -0.454 e. The molecule has 2 aromatic carbocycles. The Balaban J connectivity index is 1.30. The minimum atomic E-state index is -0.545. The van der Waals surface area contributed by atoms with Crippen LogP contribution in [0.25, 0.3) is 0 Å². The topological polar surface area (TPSA) is 45.8 Å². The molecule has 0 aromatic heterocycles. The van der Waals surface area contributed by atoms with Crippen molar-refractivity contribution in [3.63, 3.8) is 0 Å². The van der Waals surface area contributed by atoms with E-state index in [9.17, 15) is 8.78 Å². The summed E-state index contributed by atoms with van der Waals surface area (Å²) in [6, 6.07) is 7.74. The monoisotopic (exact) mass is 435 g/mol. The highest BCUT2D eigenvalue weighted by Gasteiger charge is 2.38. The van der Waals surface area contributed by atoms with Gasteiger partial charge in [0.25, 0.3) is 0 Å². The summed E-state index contributed by atoms with van der Waals surface area (Å²) < 4.78 is 38.7. The maximum atomic E-state index is 14.4. The molecule has 0 saturated carbocycles. The van der Waals surface area contributed by atoms with Crippen LogP contribution in [0, 0.1) is 17.6 Å². The molecule has 3 unspecified atom stereocenters. The number of benzene rings is 2. The molecular weight excluding hydrogens is 412 g/mol. The van der Waals surface area contributed by atoms with Crippen molar-refractivity contribution >= 4 is 11.6 Å². The standard InChI is InChI=1S/C22H24ClF2N3O2/c23-18-8-21-20(29-12-30-21)6-14(18)11-28-5-1-2-13(10-28)22-17(9-26-27-22)16-4-3-15(24)7-19(16)25/h3-4,6-8,13,17,22,26-27H,1-2,5,9-12H2. The SMILES string of the molecule is Fc1ccc(C2CNNC2C2CCCN(Cc3cc4c(cc3Cl)OCO4)C2)c(F)c1. The minimum absolute atomic E-state index is 0.0373. The summed E-state index contributed by atoms with van der Waals surface area (Å²) in [4.78, 5) is 2.38. The van der Waals surface area contributed by atoms with Crippen LogP contribution < -0.4 is 20.3 Å². The highest BCUT2D eigenvalue weighted by molar-refractivity contribution is 6.31. The van der Waals surface area contributed by atoms with Crippen molar-refractivity contribution in [2.24, 2.45) is 5.92 Å². The van der Waals surface area contributed by atoms with Crippen molar-refractivity contribution in [1.29, 1.82) is 0 Å². The van der Waals surface area contributed by atoms with Crippen molar-refractivity contribution in [1.82, 2.24) is 15.8 Å². The lowest BCUT2D eigenvalue weighted by molar-refractivity contribution is 0.139. The Morgan fingerprint density at radius 2 is 1.97 bits per heavy atom. The third-order valence-electron chi connectivity index (χ3n) is 6.37. The van der Waals surface area contributed by atoms with E-state index >= 15 is 0 Å².